The molecule has 0 radical (unpaired) electrons. The minimum Gasteiger partial charge on any atom is -0.489 e. The van der Waals surface area contributed by atoms with Crippen LogP contribution in [0.25, 0.3) is 0 Å². The largest absolute Gasteiger partial charge is 0.489 e. The molecular weight excluding hydrogens is 559 g/mol. The summed E-state index contributed by atoms with van der Waals surface area (Å²) in [7, 11) is 0. The number of esters is 2. The van der Waals surface area contributed by atoms with Crippen molar-refractivity contribution < 1.29 is 47.3 Å². The van der Waals surface area contributed by atoms with Gasteiger partial charge in [0.15, 0.2) is 11.5 Å². The molecule has 1 saturated carbocycles. The number of carbonyl (C=O) groups excluding carboxylic acids is 2. The summed E-state index contributed by atoms with van der Waals surface area (Å²) in [6.45, 7) is -2.76. The van der Waals surface area contributed by atoms with E-state index in [9.17, 15) is 23.6 Å². The highest BCUT2D eigenvalue weighted by molar-refractivity contribution is 6.35. The summed E-state index contributed by atoms with van der Waals surface area (Å²) < 4.78 is 47.8. The van der Waals surface area contributed by atoms with Crippen molar-refractivity contribution in [2.75, 3.05) is 6.61 Å². The quantitative estimate of drug-likeness (QED) is 0.0957. The minimum absolute atomic E-state index is 0.0442. The highest BCUT2D eigenvalue weighted by Gasteiger charge is 2.27. The number of hydrogen-bond donors (Lipinski definition) is 1. The lowest BCUT2D eigenvalue weighted by Crippen LogP contribution is -2.29. The number of alkyl halides is 2. The van der Waals surface area contributed by atoms with E-state index in [-0.39, 0.29) is 33.7 Å². The van der Waals surface area contributed by atoms with Crippen LogP contribution in [-0.4, -0.2) is 30.4 Å². The van der Waals surface area contributed by atoms with Gasteiger partial charge in [0.1, 0.15) is 28.3 Å². The Hall–Kier alpha value is -3.63. The smallest absolute Gasteiger partial charge is 0.387 e. The van der Waals surface area contributed by atoms with E-state index >= 15 is 0 Å². The van der Waals surface area contributed by atoms with Crippen molar-refractivity contribution in [1.82, 2.24) is 0 Å². The average molecular weight is 583 g/mol. The number of rotatable bonds is 12. The first kappa shape index (κ1) is 28.4. The van der Waals surface area contributed by atoms with E-state index in [2.05, 4.69) is 4.74 Å². The second-order valence-electron chi connectivity index (χ2n) is 8.80. The number of ether oxygens (including phenoxy) is 4. The lowest BCUT2D eigenvalue weighted by atomic mass is 10.0. The first-order valence-electron chi connectivity index (χ1n) is 11.9. The molecule has 1 aliphatic carbocycles. The molecule has 0 bridgehead atoms. The monoisotopic (exact) mass is 582 g/mol. The first-order valence-corrected chi connectivity index (χ1v) is 12.7. The van der Waals surface area contributed by atoms with Crippen LogP contribution in [0, 0.1) is 5.92 Å². The van der Waals surface area contributed by atoms with Gasteiger partial charge >= 0.3 is 18.6 Å². The summed E-state index contributed by atoms with van der Waals surface area (Å²) in [5.74, 6) is -1.29. The molecule has 39 heavy (non-hydrogen) atoms. The lowest BCUT2D eigenvalue weighted by Gasteiger charge is -2.21. The molecule has 1 atom stereocenters. The Labute approximate surface area is 232 Å². The Morgan fingerprint density at radius 2 is 1.69 bits per heavy atom. The molecule has 3 aromatic rings. The molecule has 4 rings (SSSR count). The zero-order chi connectivity index (χ0) is 27.9. The molecule has 1 N–H and O–H groups in total. The number of benzene rings is 2. The van der Waals surface area contributed by atoms with Crippen molar-refractivity contribution >= 4 is 35.1 Å². The van der Waals surface area contributed by atoms with Gasteiger partial charge in [-0.3, -0.25) is 14.8 Å². The number of hydrogen-bond acceptors (Lipinski definition) is 7. The highest BCUT2D eigenvalue weighted by atomic mass is 35.5. The van der Waals surface area contributed by atoms with E-state index in [1.165, 1.54) is 30.6 Å². The van der Waals surface area contributed by atoms with Gasteiger partial charge in [-0.15, -0.1) is 0 Å². The SMILES string of the molecule is O=C(CC(=O)O[C@@H](Cc1c(Cl)c[n+](O)cc1Cl)c1ccc(OC(F)F)c(OCC2CC2)c1)Oc1ccccc1. The van der Waals surface area contributed by atoms with Crippen molar-refractivity contribution in [1.29, 1.82) is 0 Å². The number of halogens is 4. The summed E-state index contributed by atoms with van der Waals surface area (Å²) in [5.41, 5.74) is 0.682. The molecule has 0 amide bonds. The molecule has 206 valence electrons. The van der Waals surface area contributed by atoms with E-state index < -0.39 is 31.1 Å². The van der Waals surface area contributed by atoms with Crippen LogP contribution >= 0.6 is 23.2 Å². The van der Waals surface area contributed by atoms with Gasteiger partial charge in [0.05, 0.1) is 6.61 Å². The van der Waals surface area contributed by atoms with Gasteiger partial charge in [-0.2, -0.15) is 8.78 Å². The fraction of sp³-hybridized carbons (Fsp3) is 0.296. The average Bonchev–Trinajstić information content (AvgIpc) is 3.69. The van der Waals surface area contributed by atoms with Gasteiger partial charge < -0.3 is 18.9 Å². The number of carbonyl (C=O) groups is 2. The third kappa shape index (κ3) is 8.43. The number of pyridine rings is 1. The van der Waals surface area contributed by atoms with E-state index in [0.717, 1.165) is 12.8 Å². The van der Waals surface area contributed by atoms with Crippen molar-refractivity contribution in [3.8, 4) is 17.2 Å². The topological polar surface area (TPSA) is 95.2 Å². The number of para-hydroxylation sites is 1. The van der Waals surface area contributed by atoms with Gasteiger partial charge in [0.25, 0.3) is 0 Å². The van der Waals surface area contributed by atoms with Crippen LogP contribution in [0.5, 0.6) is 17.2 Å². The summed E-state index contributed by atoms with van der Waals surface area (Å²) in [6.07, 6.45) is 2.49. The van der Waals surface area contributed by atoms with Crippen molar-refractivity contribution in [3.63, 3.8) is 0 Å². The van der Waals surface area contributed by atoms with Crippen LogP contribution in [0.2, 0.25) is 10.0 Å². The summed E-state index contributed by atoms with van der Waals surface area (Å²) in [5, 5.41) is 9.86. The molecule has 8 nitrogen and oxygen atoms in total. The van der Waals surface area contributed by atoms with Gasteiger partial charge in [0.2, 0.25) is 12.4 Å². The second-order valence-corrected chi connectivity index (χ2v) is 9.61. The second kappa shape index (κ2) is 12.9. The Balaban J connectivity index is 1.59. The third-order valence-electron chi connectivity index (χ3n) is 5.72. The fourth-order valence-electron chi connectivity index (χ4n) is 3.64. The maximum atomic E-state index is 13.0. The predicted octanol–water partition coefficient (Wildman–Crippen LogP) is 5.73. The van der Waals surface area contributed by atoms with Gasteiger partial charge in [-0.25, -0.2) is 0 Å². The van der Waals surface area contributed by atoms with Crippen molar-refractivity contribution in [2.24, 2.45) is 5.92 Å². The van der Waals surface area contributed by atoms with E-state index in [1.54, 1.807) is 30.3 Å². The van der Waals surface area contributed by atoms with Crippen LogP contribution in [0.1, 0.15) is 36.5 Å². The summed E-state index contributed by atoms with van der Waals surface area (Å²) in [6, 6.07) is 12.3. The molecule has 1 heterocycles. The van der Waals surface area contributed by atoms with Gasteiger partial charge in [0, 0.05) is 16.7 Å². The molecule has 0 saturated heterocycles. The normalized spacial score (nSPS) is 13.6. The molecular formula is C27H24Cl2F2NO7+. The van der Waals surface area contributed by atoms with E-state index in [1.807, 2.05) is 0 Å². The Kier molecular flexibility index (Phi) is 9.42. The molecule has 2 aromatic carbocycles. The highest BCUT2D eigenvalue weighted by Crippen LogP contribution is 2.37. The Morgan fingerprint density at radius 3 is 2.33 bits per heavy atom. The fourth-order valence-corrected chi connectivity index (χ4v) is 4.25. The predicted molar refractivity (Wildman–Crippen MR) is 134 cm³/mol. The lowest BCUT2D eigenvalue weighted by molar-refractivity contribution is -0.904. The first-order chi connectivity index (χ1) is 18.7. The van der Waals surface area contributed by atoms with Crippen LogP contribution in [-0.2, 0) is 20.7 Å². The van der Waals surface area contributed by atoms with Crippen LogP contribution in [0.4, 0.5) is 8.78 Å². The van der Waals surface area contributed by atoms with Crippen LogP contribution in [0.3, 0.4) is 0 Å². The molecule has 12 heteroatoms. The van der Waals surface area contributed by atoms with Crippen LogP contribution < -0.4 is 18.9 Å². The third-order valence-corrected chi connectivity index (χ3v) is 6.37. The molecule has 0 spiro atoms. The minimum atomic E-state index is -3.07. The number of aromatic nitrogens is 1. The molecule has 1 fully saturated rings. The van der Waals surface area contributed by atoms with Crippen molar-refractivity contribution in [3.05, 3.63) is 82.1 Å². The molecule has 0 unspecified atom stereocenters. The molecule has 1 aromatic heterocycles. The maximum Gasteiger partial charge on any atom is 0.387 e. The zero-order valence-corrected chi connectivity index (χ0v) is 21.9. The van der Waals surface area contributed by atoms with Gasteiger partial charge in [-0.1, -0.05) is 47.5 Å². The number of nitrogens with zero attached hydrogens (tertiary/aromatic N) is 1. The van der Waals surface area contributed by atoms with Gasteiger partial charge in [-0.05, 0) is 48.6 Å². The van der Waals surface area contributed by atoms with E-state index in [4.69, 9.17) is 37.4 Å². The Bertz CT molecular complexity index is 1300. The molecule has 1 aliphatic rings. The standard InChI is InChI=1S/C27H24Cl2F2NO7/c28-20-13-32(35)14-21(29)19(20)11-23(38-26(34)12-25(33)37-18-4-2-1-3-5-18)17-8-9-22(39-27(30)31)24(10-17)36-15-16-6-7-16/h1-5,8-10,13-14,16,23,27,35H,6-7,11-12,15H2/q+1/t23-/m0/s1. The van der Waals surface area contributed by atoms with Crippen molar-refractivity contribution in [2.45, 2.75) is 38.4 Å². The maximum absolute atomic E-state index is 13.0. The van der Waals surface area contributed by atoms with Crippen LogP contribution in [0.15, 0.2) is 60.9 Å². The summed E-state index contributed by atoms with van der Waals surface area (Å²) >= 11 is 12.5. The zero-order valence-electron chi connectivity index (χ0n) is 20.4. The molecule has 0 aliphatic heterocycles. The summed E-state index contributed by atoms with van der Waals surface area (Å²) in [4.78, 5) is 25.1. The Morgan fingerprint density at radius 1 is 1.00 bits per heavy atom. The van der Waals surface area contributed by atoms with E-state index in [0.29, 0.717) is 28.4 Å².